The van der Waals surface area contributed by atoms with Crippen LogP contribution in [-0.4, -0.2) is 29.0 Å². The Balaban J connectivity index is 1.67. The van der Waals surface area contributed by atoms with Gasteiger partial charge in [0.25, 0.3) is 0 Å². The molecule has 6 nitrogen and oxygen atoms in total. The zero-order valence-corrected chi connectivity index (χ0v) is 15.2. The summed E-state index contributed by atoms with van der Waals surface area (Å²) in [5, 5.41) is 12.1. The minimum atomic E-state index is -0.971. The number of anilines is 1. The first-order valence-corrected chi connectivity index (χ1v) is 9.41. The van der Waals surface area contributed by atoms with Crippen LogP contribution < -0.4 is 10.0 Å². The average Bonchev–Trinajstić information content (AvgIpc) is 3.12. The Morgan fingerprint density at radius 1 is 1.00 bits per heavy atom. The summed E-state index contributed by atoms with van der Waals surface area (Å²) in [6.07, 6.45) is 1.07. The standard InChI is InChI=1S/C22H19N3O3/c26-22(27)15-10-12-25(13-11-15)21-19-18(16-8-4-5-9-17(16)28-19)23-20(24-21)14-6-2-1-3-7-14/h1-9,15H,10-13H2,(H,26,27)/p-1. The van der Waals surface area contributed by atoms with Gasteiger partial charge < -0.3 is 19.2 Å². The summed E-state index contributed by atoms with van der Waals surface area (Å²) in [7, 11) is 0. The minimum Gasteiger partial charge on any atom is -0.550 e. The molecule has 1 aliphatic rings. The lowest BCUT2D eigenvalue weighted by atomic mass is 9.97. The van der Waals surface area contributed by atoms with E-state index in [1.807, 2.05) is 54.6 Å². The molecular formula is C22H18N3O3-. The minimum absolute atomic E-state index is 0.405. The Morgan fingerprint density at radius 2 is 1.71 bits per heavy atom. The highest BCUT2D eigenvalue weighted by Gasteiger charge is 2.25. The summed E-state index contributed by atoms with van der Waals surface area (Å²) in [5.74, 6) is -0.0208. The zero-order chi connectivity index (χ0) is 19.1. The van der Waals surface area contributed by atoms with E-state index in [0.29, 0.717) is 37.3 Å². The van der Waals surface area contributed by atoms with Gasteiger partial charge in [-0.3, -0.25) is 0 Å². The fourth-order valence-electron chi connectivity index (χ4n) is 3.83. The number of aromatic nitrogens is 2. The Morgan fingerprint density at radius 3 is 2.46 bits per heavy atom. The average molecular weight is 372 g/mol. The third-order valence-electron chi connectivity index (χ3n) is 5.36. The summed E-state index contributed by atoms with van der Waals surface area (Å²) < 4.78 is 6.11. The highest BCUT2D eigenvalue weighted by molar-refractivity contribution is 6.06. The van der Waals surface area contributed by atoms with Gasteiger partial charge in [-0.1, -0.05) is 42.5 Å². The van der Waals surface area contributed by atoms with Crippen LogP contribution in [0.5, 0.6) is 0 Å². The molecule has 0 atom stereocenters. The van der Waals surface area contributed by atoms with Crippen LogP contribution in [0, 0.1) is 5.92 Å². The van der Waals surface area contributed by atoms with Crippen LogP contribution in [0.25, 0.3) is 33.5 Å². The molecule has 5 rings (SSSR count). The molecule has 2 aromatic carbocycles. The third kappa shape index (κ3) is 2.78. The van der Waals surface area contributed by atoms with Gasteiger partial charge in [-0.25, -0.2) is 9.97 Å². The number of aliphatic carboxylic acids is 1. The van der Waals surface area contributed by atoms with E-state index in [9.17, 15) is 9.90 Å². The first kappa shape index (κ1) is 16.7. The van der Waals surface area contributed by atoms with Crippen molar-refractivity contribution >= 4 is 33.9 Å². The van der Waals surface area contributed by atoms with Gasteiger partial charge in [-0.2, -0.15) is 0 Å². The van der Waals surface area contributed by atoms with Crippen molar-refractivity contribution in [2.45, 2.75) is 12.8 Å². The highest BCUT2D eigenvalue weighted by atomic mass is 16.4. The number of carboxylic acids is 1. The van der Waals surface area contributed by atoms with Crippen molar-refractivity contribution in [1.29, 1.82) is 0 Å². The van der Waals surface area contributed by atoms with Crippen LogP contribution >= 0.6 is 0 Å². The Kier molecular flexibility index (Phi) is 3.97. The highest BCUT2D eigenvalue weighted by Crippen LogP contribution is 2.36. The topological polar surface area (TPSA) is 82.3 Å². The summed E-state index contributed by atoms with van der Waals surface area (Å²) >= 11 is 0. The quantitative estimate of drug-likeness (QED) is 0.550. The number of hydrogen-bond donors (Lipinski definition) is 0. The number of furan rings is 1. The van der Waals surface area contributed by atoms with Gasteiger partial charge in [0, 0.05) is 35.9 Å². The third-order valence-corrected chi connectivity index (χ3v) is 5.36. The number of carbonyl (C=O) groups is 1. The molecule has 0 unspecified atom stereocenters. The second kappa shape index (κ2) is 6.64. The molecular weight excluding hydrogens is 354 g/mol. The number of benzene rings is 2. The summed E-state index contributed by atoms with van der Waals surface area (Å²) in [5.41, 5.74) is 3.12. The van der Waals surface area contributed by atoms with Crippen molar-refractivity contribution in [2.24, 2.45) is 5.92 Å². The normalized spacial score (nSPS) is 15.4. The van der Waals surface area contributed by atoms with Crippen LogP contribution in [0.3, 0.4) is 0 Å². The Hall–Kier alpha value is -3.41. The molecule has 0 spiro atoms. The molecule has 4 aromatic rings. The maximum atomic E-state index is 11.2. The lowest BCUT2D eigenvalue weighted by Crippen LogP contribution is -2.41. The Labute approximate surface area is 161 Å². The fourth-order valence-corrected chi connectivity index (χ4v) is 3.83. The number of piperidine rings is 1. The number of rotatable bonds is 3. The monoisotopic (exact) mass is 372 g/mol. The van der Waals surface area contributed by atoms with Crippen molar-refractivity contribution in [3.63, 3.8) is 0 Å². The van der Waals surface area contributed by atoms with E-state index in [0.717, 1.165) is 27.9 Å². The largest absolute Gasteiger partial charge is 0.550 e. The Bertz CT molecular complexity index is 1160. The second-order valence-electron chi connectivity index (χ2n) is 7.09. The molecule has 28 heavy (non-hydrogen) atoms. The predicted molar refractivity (Wildman–Crippen MR) is 105 cm³/mol. The summed E-state index contributed by atoms with van der Waals surface area (Å²) in [6.45, 7) is 1.19. The van der Waals surface area contributed by atoms with E-state index in [-0.39, 0.29) is 0 Å². The van der Waals surface area contributed by atoms with Crippen molar-refractivity contribution in [3.05, 3.63) is 54.6 Å². The first-order valence-electron chi connectivity index (χ1n) is 9.41. The van der Waals surface area contributed by atoms with E-state index in [4.69, 9.17) is 14.4 Å². The van der Waals surface area contributed by atoms with Crippen LogP contribution in [-0.2, 0) is 4.79 Å². The van der Waals surface area contributed by atoms with E-state index >= 15 is 0 Å². The zero-order valence-electron chi connectivity index (χ0n) is 15.2. The van der Waals surface area contributed by atoms with E-state index < -0.39 is 11.9 Å². The van der Waals surface area contributed by atoms with Gasteiger partial charge in [0.1, 0.15) is 11.1 Å². The molecule has 0 saturated carbocycles. The van der Waals surface area contributed by atoms with E-state index in [2.05, 4.69) is 4.90 Å². The van der Waals surface area contributed by atoms with E-state index in [1.165, 1.54) is 0 Å². The molecule has 3 heterocycles. The van der Waals surface area contributed by atoms with Gasteiger partial charge >= 0.3 is 0 Å². The van der Waals surface area contributed by atoms with Gasteiger partial charge in [-0.05, 0) is 25.0 Å². The lowest BCUT2D eigenvalue weighted by Gasteiger charge is -2.33. The molecule has 0 amide bonds. The SMILES string of the molecule is O=C([O-])C1CCN(c2nc(-c3ccccc3)nc3c2oc2ccccc23)CC1. The molecule has 2 aromatic heterocycles. The molecule has 1 fully saturated rings. The summed E-state index contributed by atoms with van der Waals surface area (Å²) in [4.78, 5) is 22.9. The molecule has 0 aliphatic carbocycles. The van der Waals surface area contributed by atoms with E-state index in [1.54, 1.807) is 0 Å². The maximum absolute atomic E-state index is 11.2. The molecule has 0 N–H and O–H groups in total. The number of fused-ring (bicyclic) bond motifs is 3. The molecule has 1 saturated heterocycles. The van der Waals surface area contributed by atoms with Crippen LogP contribution in [0.4, 0.5) is 5.82 Å². The molecule has 6 heteroatoms. The number of nitrogens with zero attached hydrogens (tertiary/aromatic N) is 3. The smallest absolute Gasteiger partial charge is 0.196 e. The molecule has 140 valence electrons. The first-order chi connectivity index (χ1) is 13.7. The van der Waals surface area contributed by atoms with Crippen LogP contribution in [0.15, 0.2) is 59.0 Å². The fraction of sp³-hybridized carbons (Fsp3) is 0.227. The molecule has 0 radical (unpaired) electrons. The van der Waals surface area contributed by atoms with Crippen molar-refractivity contribution in [3.8, 4) is 11.4 Å². The van der Waals surface area contributed by atoms with Gasteiger partial charge in [0.05, 0.1) is 0 Å². The predicted octanol–water partition coefficient (Wildman–Crippen LogP) is 3.01. The van der Waals surface area contributed by atoms with Crippen LogP contribution in [0.1, 0.15) is 12.8 Å². The molecule has 0 bridgehead atoms. The second-order valence-corrected chi connectivity index (χ2v) is 7.09. The van der Waals surface area contributed by atoms with Gasteiger partial charge in [0.2, 0.25) is 0 Å². The lowest BCUT2D eigenvalue weighted by molar-refractivity contribution is -0.312. The van der Waals surface area contributed by atoms with Crippen LogP contribution in [0.2, 0.25) is 0 Å². The molecule has 1 aliphatic heterocycles. The van der Waals surface area contributed by atoms with Crippen molar-refractivity contribution in [1.82, 2.24) is 9.97 Å². The summed E-state index contributed by atoms with van der Waals surface area (Å²) in [6, 6.07) is 17.7. The van der Waals surface area contributed by atoms with Gasteiger partial charge in [-0.15, -0.1) is 0 Å². The number of carbonyl (C=O) groups excluding carboxylic acids is 1. The number of carboxylic acid groups (broad SMARTS) is 1. The number of para-hydroxylation sites is 1. The van der Waals surface area contributed by atoms with Crippen molar-refractivity contribution in [2.75, 3.05) is 18.0 Å². The van der Waals surface area contributed by atoms with Gasteiger partial charge in [0.15, 0.2) is 17.2 Å². The number of hydrogen-bond acceptors (Lipinski definition) is 6. The van der Waals surface area contributed by atoms with Crippen molar-refractivity contribution < 1.29 is 14.3 Å². The maximum Gasteiger partial charge on any atom is 0.196 e.